The van der Waals surface area contributed by atoms with E-state index in [1.165, 1.54) is 0 Å². The number of fused-ring (bicyclic) bond motifs is 5. The van der Waals surface area contributed by atoms with E-state index >= 15 is 0 Å². The van der Waals surface area contributed by atoms with Gasteiger partial charge in [-0.1, -0.05) is 6.92 Å². The Morgan fingerprint density at radius 2 is 1.84 bits per heavy atom. The number of aromatic hydroxyl groups is 2. The van der Waals surface area contributed by atoms with Crippen molar-refractivity contribution in [3.05, 3.63) is 23.3 Å². The monoisotopic (exact) mass is 368 g/mol. The largest absolute Gasteiger partial charge is 0.504 e. The van der Waals surface area contributed by atoms with Crippen molar-refractivity contribution in [3.63, 3.8) is 0 Å². The van der Waals surface area contributed by atoms with Gasteiger partial charge < -0.3 is 10.2 Å². The summed E-state index contributed by atoms with van der Waals surface area (Å²) in [6.45, 7) is 2.08. The van der Waals surface area contributed by atoms with Crippen molar-refractivity contribution in [2.75, 3.05) is 0 Å². The molecule has 0 heterocycles. The molecule has 0 bridgehead atoms. The highest BCUT2D eigenvalue weighted by atomic mass is 32.3. The summed E-state index contributed by atoms with van der Waals surface area (Å²) in [4.78, 5) is 0. The van der Waals surface area contributed by atoms with Gasteiger partial charge in [-0.05, 0) is 85.0 Å². The lowest BCUT2D eigenvalue weighted by atomic mass is 9.55. The third-order valence-electron chi connectivity index (χ3n) is 6.97. The van der Waals surface area contributed by atoms with Crippen LogP contribution in [0.3, 0.4) is 0 Å². The average Bonchev–Trinajstić information content (AvgIpc) is 2.83. The van der Waals surface area contributed by atoms with Gasteiger partial charge in [0.15, 0.2) is 11.5 Å². The van der Waals surface area contributed by atoms with Gasteiger partial charge in [0.25, 0.3) is 0 Å². The maximum Gasteiger partial charge on any atom is 0.397 e. The number of benzene rings is 1. The van der Waals surface area contributed by atoms with Gasteiger partial charge in [0.2, 0.25) is 0 Å². The average molecular weight is 368 g/mol. The summed E-state index contributed by atoms with van der Waals surface area (Å²) in [6, 6.07) is 3.37. The van der Waals surface area contributed by atoms with E-state index in [1.807, 2.05) is 0 Å². The van der Waals surface area contributed by atoms with Gasteiger partial charge in [-0.25, -0.2) is 4.18 Å². The van der Waals surface area contributed by atoms with Crippen molar-refractivity contribution >= 4 is 10.4 Å². The van der Waals surface area contributed by atoms with Crippen LogP contribution in [0.25, 0.3) is 0 Å². The summed E-state index contributed by atoms with van der Waals surface area (Å²) in [5.74, 6) is 0.914. The maximum atomic E-state index is 11.2. The minimum Gasteiger partial charge on any atom is -0.504 e. The molecule has 0 unspecified atom stereocenters. The van der Waals surface area contributed by atoms with Crippen LogP contribution in [0.15, 0.2) is 12.1 Å². The van der Waals surface area contributed by atoms with Crippen molar-refractivity contribution in [1.29, 1.82) is 0 Å². The molecule has 0 aromatic heterocycles. The molecule has 7 heteroatoms. The number of aryl methyl sites for hydroxylation is 1. The Morgan fingerprint density at radius 1 is 1.12 bits per heavy atom. The lowest BCUT2D eigenvalue weighted by Gasteiger charge is -2.50. The van der Waals surface area contributed by atoms with Crippen molar-refractivity contribution in [1.82, 2.24) is 0 Å². The Bertz CT molecular complexity index is 804. The van der Waals surface area contributed by atoms with E-state index in [1.54, 1.807) is 12.1 Å². The molecule has 3 aliphatic carbocycles. The molecule has 0 radical (unpaired) electrons. The highest BCUT2D eigenvalue weighted by Gasteiger charge is 2.56. The topological polar surface area (TPSA) is 104 Å². The van der Waals surface area contributed by atoms with Gasteiger partial charge in [0.1, 0.15) is 0 Å². The van der Waals surface area contributed by atoms with Crippen LogP contribution in [0.5, 0.6) is 11.5 Å². The molecule has 5 atom stereocenters. The standard InChI is InChI=1S/C18H24O6S/c1-18-7-6-11-12(14(18)4-5-17(18)24-25(21,22)23)3-2-10-8-15(19)16(20)9-13(10)11/h8-9,11-12,14,17,19-20H,2-7H2,1H3,(H,21,22,23)/t11-,12+,14-,17-,18-/m0/s1. The summed E-state index contributed by atoms with van der Waals surface area (Å²) < 4.78 is 36.5. The number of rotatable bonds is 2. The van der Waals surface area contributed by atoms with E-state index in [0.717, 1.165) is 43.2 Å². The van der Waals surface area contributed by atoms with Gasteiger partial charge in [-0.15, -0.1) is 0 Å². The van der Waals surface area contributed by atoms with E-state index in [4.69, 9.17) is 8.74 Å². The van der Waals surface area contributed by atoms with Crippen molar-refractivity contribution in [2.45, 2.75) is 57.5 Å². The van der Waals surface area contributed by atoms with Crippen LogP contribution in [0.2, 0.25) is 0 Å². The number of phenolic OH excluding ortho intramolecular Hbond substituents is 2. The van der Waals surface area contributed by atoms with E-state index in [2.05, 4.69) is 6.92 Å². The Balaban J connectivity index is 1.65. The first kappa shape index (κ1) is 17.1. The third-order valence-corrected chi connectivity index (χ3v) is 7.45. The van der Waals surface area contributed by atoms with E-state index in [9.17, 15) is 18.6 Å². The zero-order valence-corrected chi connectivity index (χ0v) is 15.0. The van der Waals surface area contributed by atoms with Crippen molar-refractivity contribution < 1.29 is 27.4 Å². The maximum absolute atomic E-state index is 11.2. The lowest BCUT2D eigenvalue weighted by molar-refractivity contribution is -0.0122. The number of phenols is 2. The van der Waals surface area contributed by atoms with Crippen molar-refractivity contribution in [3.8, 4) is 11.5 Å². The molecule has 0 aliphatic heterocycles. The fraction of sp³-hybridized carbons (Fsp3) is 0.667. The molecule has 1 aromatic rings. The SMILES string of the molecule is C[C@]12CC[C@@H]3c4cc(O)c(O)cc4CC[C@H]3[C@@H]1CC[C@@H]2OS(=O)(=O)O. The highest BCUT2D eigenvalue weighted by molar-refractivity contribution is 7.80. The first-order chi connectivity index (χ1) is 11.7. The molecular weight excluding hydrogens is 344 g/mol. The van der Waals surface area contributed by atoms with Crippen LogP contribution in [-0.4, -0.2) is 29.3 Å². The first-order valence-electron chi connectivity index (χ1n) is 8.89. The second-order valence-corrected chi connectivity index (χ2v) is 9.14. The van der Waals surface area contributed by atoms with Crippen LogP contribution < -0.4 is 0 Å². The van der Waals surface area contributed by atoms with Gasteiger partial charge in [0.05, 0.1) is 6.10 Å². The van der Waals surface area contributed by atoms with Crippen molar-refractivity contribution in [2.24, 2.45) is 17.3 Å². The summed E-state index contributed by atoms with van der Waals surface area (Å²) in [6.07, 6.45) is 4.60. The molecule has 25 heavy (non-hydrogen) atoms. The van der Waals surface area contributed by atoms with Crippen LogP contribution >= 0.6 is 0 Å². The molecule has 0 saturated heterocycles. The third kappa shape index (κ3) is 2.73. The molecule has 0 amide bonds. The Morgan fingerprint density at radius 3 is 2.56 bits per heavy atom. The quantitative estimate of drug-likeness (QED) is 0.547. The Kier molecular flexibility index (Phi) is 3.83. The molecule has 6 nitrogen and oxygen atoms in total. The molecule has 3 N–H and O–H groups in total. The molecular formula is C18H24O6S. The molecule has 2 saturated carbocycles. The number of hydrogen-bond acceptors (Lipinski definition) is 5. The van der Waals surface area contributed by atoms with E-state index in [-0.39, 0.29) is 16.9 Å². The van der Waals surface area contributed by atoms with Crippen LogP contribution in [0.4, 0.5) is 0 Å². The fourth-order valence-corrected chi connectivity index (χ4v) is 6.46. The predicted molar refractivity (Wildman–Crippen MR) is 90.8 cm³/mol. The lowest BCUT2D eigenvalue weighted by Crippen LogP contribution is -2.45. The van der Waals surface area contributed by atoms with Gasteiger partial charge in [-0.2, -0.15) is 8.42 Å². The normalized spacial score (nSPS) is 37.2. The fourth-order valence-electron chi connectivity index (χ4n) is 5.85. The smallest absolute Gasteiger partial charge is 0.397 e. The zero-order chi connectivity index (χ0) is 18.0. The second kappa shape index (κ2) is 5.59. The van der Waals surface area contributed by atoms with Gasteiger partial charge >= 0.3 is 10.4 Å². The van der Waals surface area contributed by atoms with Gasteiger partial charge in [-0.3, -0.25) is 4.55 Å². The van der Waals surface area contributed by atoms with E-state index in [0.29, 0.717) is 24.2 Å². The number of hydrogen-bond donors (Lipinski definition) is 3. The minimum atomic E-state index is -4.45. The van der Waals surface area contributed by atoms with Crippen LogP contribution in [-0.2, 0) is 21.0 Å². The van der Waals surface area contributed by atoms with Crippen LogP contribution in [0.1, 0.15) is 56.1 Å². The predicted octanol–water partition coefficient (Wildman–Crippen LogP) is 3.14. The highest BCUT2D eigenvalue weighted by Crippen LogP contribution is 2.62. The summed E-state index contributed by atoms with van der Waals surface area (Å²) in [5, 5.41) is 19.7. The van der Waals surface area contributed by atoms with E-state index < -0.39 is 16.5 Å². The summed E-state index contributed by atoms with van der Waals surface area (Å²) >= 11 is 0. The molecule has 2 fully saturated rings. The van der Waals surface area contributed by atoms with Crippen LogP contribution in [0, 0.1) is 17.3 Å². The second-order valence-electron chi connectivity index (χ2n) is 8.09. The molecule has 3 aliphatic rings. The zero-order valence-electron chi connectivity index (χ0n) is 14.2. The molecule has 1 aromatic carbocycles. The minimum absolute atomic E-state index is 0.0691. The molecule has 138 valence electrons. The molecule has 0 spiro atoms. The van der Waals surface area contributed by atoms with Gasteiger partial charge in [0, 0.05) is 0 Å². The summed E-state index contributed by atoms with van der Waals surface area (Å²) in [5.41, 5.74) is 1.96. The summed E-state index contributed by atoms with van der Waals surface area (Å²) in [7, 11) is -4.45. The first-order valence-corrected chi connectivity index (χ1v) is 10.3. The Hall–Kier alpha value is -1.31. The Labute approximate surface area is 147 Å². The molecule has 4 rings (SSSR count).